The van der Waals surface area contributed by atoms with Crippen LogP contribution < -0.4 is 5.46 Å². The predicted octanol–water partition coefficient (Wildman–Crippen LogP) is -0.488. The van der Waals surface area contributed by atoms with Crippen molar-refractivity contribution < 1.29 is 24.3 Å². The zero-order valence-corrected chi connectivity index (χ0v) is 7.36. The van der Waals surface area contributed by atoms with Gasteiger partial charge in [0.1, 0.15) is 5.82 Å². The van der Waals surface area contributed by atoms with Crippen molar-refractivity contribution in [3.05, 3.63) is 29.1 Å². The van der Waals surface area contributed by atoms with Gasteiger partial charge in [0.2, 0.25) is 0 Å². The molecule has 1 aromatic carbocycles. The Morgan fingerprint density at radius 3 is 2.43 bits per heavy atom. The van der Waals surface area contributed by atoms with Crippen molar-refractivity contribution >= 4 is 18.6 Å². The number of hydrogen-bond acceptors (Lipinski definition) is 3. The Labute approximate surface area is 79.8 Å². The summed E-state index contributed by atoms with van der Waals surface area (Å²) in [7, 11) is -2.01. The quantitative estimate of drug-likeness (QED) is 0.560. The Bertz CT molecular complexity index is 378. The first-order valence-electron chi connectivity index (χ1n) is 3.83. The Balaban J connectivity index is 3.40. The van der Waals surface area contributed by atoms with Crippen LogP contribution >= 0.6 is 0 Å². The third-order valence-electron chi connectivity index (χ3n) is 1.75. The van der Waals surface area contributed by atoms with Crippen LogP contribution in [0.4, 0.5) is 4.39 Å². The summed E-state index contributed by atoms with van der Waals surface area (Å²) in [5.41, 5.74) is -0.539. The van der Waals surface area contributed by atoms with Gasteiger partial charge < -0.3 is 15.2 Å². The van der Waals surface area contributed by atoms with Crippen molar-refractivity contribution in [1.29, 1.82) is 0 Å². The molecule has 0 saturated carbocycles. The highest BCUT2D eigenvalue weighted by molar-refractivity contribution is 6.58. The second-order valence-electron chi connectivity index (χ2n) is 2.89. The van der Waals surface area contributed by atoms with Crippen LogP contribution in [-0.4, -0.2) is 28.2 Å². The fraction of sp³-hybridized carbons (Fsp3) is 0.125. The summed E-state index contributed by atoms with van der Waals surface area (Å²) in [6.45, 7) is 1.54. The molecule has 0 aliphatic heterocycles. The largest absolute Gasteiger partial charge is 0.491 e. The van der Waals surface area contributed by atoms with Gasteiger partial charge >= 0.3 is 13.1 Å². The molecule has 1 aromatic rings. The summed E-state index contributed by atoms with van der Waals surface area (Å²) < 4.78 is 13.3. The third-order valence-corrected chi connectivity index (χ3v) is 1.75. The molecule has 0 unspecified atom stereocenters. The molecule has 0 amide bonds. The molecule has 0 aliphatic rings. The Morgan fingerprint density at radius 1 is 1.43 bits per heavy atom. The van der Waals surface area contributed by atoms with E-state index in [-0.39, 0.29) is 0 Å². The molecule has 0 radical (unpaired) electrons. The highest BCUT2D eigenvalue weighted by atomic mass is 19.1. The minimum Gasteiger partial charge on any atom is -0.478 e. The molecule has 3 N–H and O–H groups in total. The number of benzene rings is 1. The van der Waals surface area contributed by atoms with Gasteiger partial charge in [0.15, 0.2) is 0 Å². The predicted molar refractivity (Wildman–Crippen MR) is 47.9 cm³/mol. The Hall–Kier alpha value is -1.40. The van der Waals surface area contributed by atoms with Crippen molar-refractivity contribution in [2.45, 2.75) is 6.92 Å². The standard InChI is InChI=1S/C8H8BFO4/c1-4-2-5(8(11)12)7(10)6(3-4)9(13)14/h2-3,13-14H,1H3,(H,11,12). The second kappa shape index (κ2) is 3.77. The first kappa shape index (κ1) is 10.7. The van der Waals surface area contributed by atoms with Crippen molar-refractivity contribution in [3.8, 4) is 0 Å². The van der Waals surface area contributed by atoms with Gasteiger partial charge in [-0.05, 0) is 13.0 Å². The molecule has 14 heavy (non-hydrogen) atoms. The van der Waals surface area contributed by atoms with Gasteiger partial charge in [0, 0.05) is 5.46 Å². The van der Waals surface area contributed by atoms with Gasteiger partial charge in [-0.3, -0.25) is 0 Å². The second-order valence-corrected chi connectivity index (χ2v) is 2.89. The fourth-order valence-corrected chi connectivity index (χ4v) is 1.14. The smallest absolute Gasteiger partial charge is 0.478 e. The highest BCUT2D eigenvalue weighted by Gasteiger charge is 2.22. The number of carboxylic acid groups (broad SMARTS) is 1. The third kappa shape index (κ3) is 1.91. The number of hydrogen-bond donors (Lipinski definition) is 3. The molecule has 1 rings (SSSR count). The van der Waals surface area contributed by atoms with Crippen LogP contribution in [0.15, 0.2) is 12.1 Å². The molecule has 0 atom stereocenters. The van der Waals surface area contributed by atoms with E-state index in [1.54, 1.807) is 0 Å². The number of aryl methyl sites for hydroxylation is 1. The van der Waals surface area contributed by atoms with Gasteiger partial charge in [-0.2, -0.15) is 0 Å². The average Bonchev–Trinajstić information content (AvgIpc) is 2.07. The van der Waals surface area contributed by atoms with Crippen molar-refractivity contribution in [3.63, 3.8) is 0 Å². The Kier molecular flexibility index (Phi) is 2.88. The SMILES string of the molecule is Cc1cc(B(O)O)c(F)c(C(=O)O)c1. The van der Waals surface area contributed by atoms with Gasteiger partial charge in [0.25, 0.3) is 0 Å². The molecule has 74 valence electrons. The van der Waals surface area contributed by atoms with Crippen molar-refractivity contribution in [2.24, 2.45) is 0 Å². The molecule has 6 heteroatoms. The molecule has 0 aliphatic carbocycles. The molecule has 0 fully saturated rings. The van der Waals surface area contributed by atoms with Gasteiger partial charge in [0.05, 0.1) is 5.56 Å². The van der Waals surface area contributed by atoms with Crippen LogP contribution in [0.5, 0.6) is 0 Å². The lowest BCUT2D eigenvalue weighted by atomic mass is 9.78. The van der Waals surface area contributed by atoms with E-state index in [1.807, 2.05) is 0 Å². The molecule has 0 saturated heterocycles. The molecule has 4 nitrogen and oxygen atoms in total. The molecule has 0 aromatic heterocycles. The monoisotopic (exact) mass is 198 g/mol. The average molecular weight is 198 g/mol. The van der Waals surface area contributed by atoms with E-state index in [2.05, 4.69) is 0 Å². The zero-order chi connectivity index (χ0) is 10.9. The van der Waals surface area contributed by atoms with Gasteiger partial charge in [-0.25, -0.2) is 9.18 Å². The topological polar surface area (TPSA) is 77.8 Å². The van der Waals surface area contributed by atoms with E-state index >= 15 is 0 Å². The molecule has 0 heterocycles. The van der Waals surface area contributed by atoms with E-state index in [4.69, 9.17) is 15.2 Å². The Morgan fingerprint density at radius 2 is 2.00 bits per heavy atom. The number of rotatable bonds is 2. The maximum atomic E-state index is 13.3. The first-order chi connectivity index (χ1) is 6.43. The van der Waals surface area contributed by atoms with E-state index in [0.717, 1.165) is 6.07 Å². The van der Waals surface area contributed by atoms with Crippen LogP contribution in [0.25, 0.3) is 0 Å². The van der Waals surface area contributed by atoms with Crippen molar-refractivity contribution in [2.75, 3.05) is 0 Å². The van der Waals surface area contributed by atoms with Crippen LogP contribution in [0.2, 0.25) is 0 Å². The molecule has 0 bridgehead atoms. The van der Waals surface area contributed by atoms with Crippen LogP contribution in [0, 0.1) is 12.7 Å². The van der Waals surface area contributed by atoms with Crippen LogP contribution in [0.3, 0.4) is 0 Å². The normalized spacial score (nSPS) is 10.0. The van der Waals surface area contributed by atoms with Crippen LogP contribution in [-0.2, 0) is 0 Å². The molecular weight excluding hydrogens is 190 g/mol. The summed E-state index contributed by atoms with van der Waals surface area (Å²) in [5, 5.41) is 26.1. The fourth-order valence-electron chi connectivity index (χ4n) is 1.14. The lowest BCUT2D eigenvalue weighted by Crippen LogP contribution is -2.34. The lowest BCUT2D eigenvalue weighted by Gasteiger charge is -2.06. The molecule has 0 spiro atoms. The van der Waals surface area contributed by atoms with Gasteiger partial charge in [-0.15, -0.1) is 0 Å². The van der Waals surface area contributed by atoms with E-state index in [9.17, 15) is 9.18 Å². The summed E-state index contributed by atoms with van der Waals surface area (Å²) in [4.78, 5) is 10.5. The van der Waals surface area contributed by atoms with Crippen LogP contribution in [0.1, 0.15) is 15.9 Å². The number of halogens is 1. The summed E-state index contributed by atoms with van der Waals surface area (Å²) >= 11 is 0. The minimum absolute atomic E-state index is 0.428. The van der Waals surface area contributed by atoms with Crippen molar-refractivity contribution in [1.82, 2.24) is 0 Å². The van der Waals surface area contributed by atoms with Gasteiger partial charge in [-0.1, -0.05) is 11.6 Å². The minimum atomic E-state index is -2.01. The van der Waals surface area contributed by atoms with E-state index < -0.39 is 29.9 Å². The number of aromatic carboxylic acids is 1. The number of carbonyl (C=O) groups is 1. The maximum absolute atomic E-state index is 13.3. The van der Waals surface area contributed by atoms with E-state index in [0.29, 0.717) is 5.56 Å². The summed E-state index contributed by atoms with van der Waals surface area (Å²) in [6, 6.07) is 2.32. The molecular formula is C8H8BFO4. The zero-order valence-electron chi connectivity index (χ0n) is 7.36. The lowest BCUT2D eigenvalue weighted by molar-refractivity contribution is 0.0692. The number of carboxylic acids is 1. The highest BCUT2D eigenvalue weighted by Crippen LogP contribution is 2.08. The maximum Gasteiger partial charge on any atom is 0.491 e. The summed E-state index contributed by atoms with van der Waals surface area (Å²) in [6.07, 6.45) is 0. The van der Waals surface area contributed by atoms with E-state index in [1.165, 1.54) is 13.0 Å². The summed E-state index contributed by atoms with van der Waals surface area (Å²) in [5.74, 6) is -2.55. The first-order valence-corrected chi connectivity index (χ1v) is 3.83.